The second kappa shape index (κ2) is 2.50. The van der Waals surface area contributed by atoms with E-state index in [-0.39, 0.29) is 0 Å². The third kappa shape index (κ3) is 1.23. The van der Waals surface area contributed by atoms with Gasteiger partial charge in [0.2, 0.25) is 0 Å². The van der Waals surface area contributed by atoms with Crippen LogP contribution in [-0.2, 0) is 0 Å². The highest BCUT2D eigenvalue weighted by atomic mass is 14.6. The number of nitrogens with two attached hydrogens (primary N) is 1. The number of para-hydroxylation sites is 1. The van der Waals surface area contributed by atoms with Crippen LogP contribution < -0.4 is 5.73 Å². The van der Waals surface area contributed by atoms with E-state index >= 15 is 0 Å². The Bertz CT molecular complexity index is 305. The van der Waals surface area contributed by atoms with Crippen molar-refractivity contribution in [1.82, 2.24) is 0 Å². The van der Waals surface area contributed by atoms with Gasteiger partial charge in [-0.15, -0.1) is 0 Å². The molecule has 68 valence electrons. The molecule has 2 fully saturated rings. The van der Waals surface area contributed by atoms with Crippen molar-refractivity contribution < 1.29 is 0 Å². The summed E-state index contributed by atoms with van der Waals surface area (Å²) in [5.74, 6) is 1.58. The highest BCUT2D eigenvalue weighted by molar-refractivity contribution is 5.58. The first-order valence-electron chi connectivity index (χ1n) is 5.24. The summed E-state index contributed by atoms with van der Waals surface area (Å²) in [6, 6.07) is 6.59. The maximum atomic E-state index is 6.17. The quantitative estimate of drug-likeness (QED) is 0.683. The van der Waals surface area contributed by atoms with Gasteiger partial charge in [0.1, 0.15) is 0 Å². The zero-order chi connectivity index (χ0) is 8.84. The van der Waals surface area contributed by atoms with Gasteiger partial charge in [0.05, 0.1) is 0 Å². The average molecular weight is 173 g/mol. The Hall–Kier alpha value is -0.980. The molecule has 0 heterocycles. The number of anilines is 1. The first-order chi connectivity index (χ1) is 6.36. The first kappa shape index (κ1) is 7.43. The summed E-state index contributed by atoms with van der Waals surface area (Å²) in [4.78, 5) is 0. The second-order valence-electron chi connectivity index (χ2n) is 4.40. The van der Waals surface area contributed by atoms with E-state index in [2.05, 4.69) is 18.2 Å². The summed E-state index contributed by atoms with van der Waals surface area (Å²) in [6.45, 7) is 0. The lowest BCUT2D eigenvalue weighted by Crippen LogP contribution is -1.97. The zero-order valence-corrected chi connectivity index (χ0v) is 7.79. The van der Waals surface area contributed by atoms with Crippen LogP contribution in [0.2, 0.25) is 0 Å². The van der Waals surface area contributed by atoms with Gasteiger partial charge in [-0.2, -0.15) is 0 Å². The molecule has 0 radical (unpaired) electrons. The summed E-state index contributed by atoms with van der Waals surface area (Å²) in [6.07, 6.45) is 5.38. The molecule has 0 atom stereocenters. The van der Waals surface area contributed by atoms with E-state index in [9.17, 15) is 0 Å². The summed E-state index contributed by atoms with van der Waals surface area (Å²) >= 11 is 0. The van der Waals surface area contributed by atoms with Gasteiger partial charge in [0.15, 0.2) is 0 Å². The SMILES string of the molecule is Nc1c(C2CC2)cccc1C1CC1. The smallest absolute Gasteiger partial charge is 0.0384 e. The molecule has 1 heteroatoms. The lowest BCUT2D eigenvalue weighted by Gasteiger charge is -2.08. The van der Waals surface area contributed by atoms with Crippen molar-refractivity contribution in [2.24, 2.45) is 0 Å². The van der Waals surface area contributed by atoms with Crippen LogP contribution >= 0.6 is 0 Å². The van der Waals surface area contributed by atoms with Gasteiger partial charge in [0, 0.05) is 5.69 Å². The lowest BCUT2D eigenvalue weighted by molar-refractivity contribution is 1.08. The number of rotatable bonds is 2. The van der Waals surface area contributed by atoms with Crippen molar-refractivity contribution >= 4 is 5.69 Å². The predicted molar refractivity (Wildman–Crippen MR) is 54.8 cm³/mol. The predicted octanol–water partition coefficient (Wildman–Crippen LogP) is 3.02. The normalized spacial score (nSPS) is 21.8. The molecular formula is C12H15N. The standard InChI is InChI=1S/C12H15N/c13-12-10(8-4-5-8)2-1-3-11(12)9-6-7-9/h1-3,8-9H,4-7,13H2. The zero-order valence-electron chi connectivity index (χ0n) is 7.79. The number of benzene rings is 1. The Balaban J connectivity index is 2.04. The fourth-order valence-electron chi connectivity index (χ4n) is 2.10. The Kier molecular flexibility index (Phi) is 1.43. The molecule has 2 aliphatic carbocycles. The van der Waals surface area contributed by atoms with Crippen LogP contribution in [0.4, 0.5) is 5.69 Å². The van der Waals surface area contributed by atoms with E-state index in [1.165, 1.54) is 36.8 Å². The Morgan fingerprint density at radius 2 is 1.38 bits per heavy atom. The van der Waals surface area contributed by atoms with E-state index in [1.807, 2.05) is 0 Å². The average Bonchev–Trinajstić information content (AvgIpc) is 3.00. The molecule has 0 aromatic heterocycles. The molecular weight excluding hydrogens is 158 g/mol. The fourth-order valence-corrected chi connectivity index (χ4v) is 2.10. The van der Waals surface area contributed by atoms with E-state index < -0.39 is 0 Å². The second-order valence-corrected chi connectivity index (χ2v) is 4.40. The van der Waals surface area contributed by atoms with Crippen LogP contribution in [0.25, 0.3) is 0 Å². The van der Waals surface area contributed by atoms with E-state index in [0.717, 1.165) is 17.5 Å². The molecule has 13 heavy (non-hydrogen) atoms. The van der Waals surface area contributed by atoms with Crippen molar-refractivity contribution in [3.63, 3.8) is 0 Å². The molecule has 0 unspecified atom stereocenters. The van der Waals surface area contributed by atoms with Crippen molar-refractivity contribution in [3.05, 3.63) is 29.3 Å². The molecule has 0 amide bonds. The summed E-state index contributed by atoms with van der Waals surface area (Å²) in [5, 5.41) is 0. The van der Waals surface area contributed by atoms with Crippen LogP contribution in [0.5, 0.6) is 0 Å². The van der Waals surface area contributed by atoms with Gasteiger partial charge >= 0.3 is 0 Å². The lowest BCUT2D eigenvalue weighted by atomic mass is 10.0. The van der Waals surface area contributed by atoms with Crippen molar-refractivity contribution in [2.45, 2.75) is 37.5 Å². The van der Waals surface area contributed by atoms with Crippen molar-refractivity contribution in [2.75, 3.05) is 5.73 Å². The van der Waals surface area contributed by atoms with E-state index in [1.54, 1.807) is 0 Å². The molecule has 0 bridgehead atoms. The van der Waals surface area contributed by atoms with Gasteiger partial charge in [-0.3, -0.25) is 0 Å². The summed E-state index contributed by atoms with van der Waals surface area (Å²) in [5.41, 5.74) is 10.1. The Morgan fingerprint density at radius 1 is 0.923 bits per heavy atom. The molecule has 2 N–H and O–H groups in total. The van der Waals surface area contributed by atoms with Gasteiger partial charge in [0.25, 0.3) is 0 Å². The van der Waals surface area contributed by atoms with Crippen molar-refractivity contribution in [3.8, 4) is 0 Å². The minimum Gasteiger partial charge on any atom is -0.398 e. The highest BCUT2D eigenvalue weighted by Gasteiger charge is 2.30. The molecule has 0 spiro atoms. The van der Waals surface area contributed by atoms with Crippen molar-refractivity contribution in [1.29, 1.82) is 0 Å². The Labute approximate surface area is 78.9 Å². The minimum atomic E-state index is 0.790. The van der Waals surface area contributed by atoms with Crippen LogP contribution in [-0.4, -0.2) is 0 Å². The molecule has 1 aromatic carbocycles. The fraction of sp³-hybridized carbons (Fsp3) is 0.500. The number of hydrogen-bond donors (Lipinski definition) is 1. The number of nitrogen functional groups attached to an aromatic ring is 1. The summed E-state index contributed by atoms with van der Waals surface area (Å²) in [7, 11) is 0. The van der Waals surface area contributed by atoms with Crippen LogP contribution in [0.15, 0.2) is 18.2 Å². The molecule has 1 aromatic rings. The highest BCUT2D eigenvalue weighted by Crippen LogP contribution is 2.48. The molecule has 1 nitrogen and oxygen atoms in total. The van der Waals surface area contributed by atoms with E-state index in [0.29, 0.717) is 0 Å². The molecule has 0 saturated heterocycles. The van der Waals surface area contributed by atoms with Gasteiger partial charge in [-0.05, 0) is 48.6 Å². The maximum absolute atomic E-state index is 6.17. The van der Waals surface area contributed by atoms with Gasteiger partial charge in [-0.1, -0.05) is 18.2 Å². The topological polar surface area (TPSA) is 26.0 Å². The number of hydrogen-bond acceptors (Lipinski definition) is 1. The van der Waals surface area contributed by atoms with Gasteiger partial charge < -0.3 is 5.73 Å². The van der Waals surface area contributed by atoms with Gasteiger partial charge in [-0.25, -0.2) is 0 Å². The summed E-state index contributed by atoms with van der Waals surface area (Å²) < 4.78 is 0. The largest absolute Gasteiger partial charge is 0.398 e. The minimum absolute atomic E-state index is 0.790. The third-order valence-electron chi connectivity index (χ3n) is 3.21. The van der Waals surface area contributed by atoms with Crippen LogP contribution in [0.1, 0.15) is 48.6 Å². The monoisotopic (exact) mass is 173 g/mol. The van der Waals surface area contributed by atoms with Crippen LogP contribution in [0, 0.1) is 0 Å². The molecule has 2 aliphatic rings. The molecule has 3 rings (SSSR count). The Morgan fingerprint density at radius 3 is 1.77 bits per heavy atom. The third-order valence-corrected chi connectivity index (χ3v) is 3.21. The maximum Gasteiger partial charge on any atom is 0.0384 e. The van der Waals surface area contributed by atoms with E-state index in [4.69, 9.17) is 5.73 Å². The van der Waals surface area contributed by atoms with Crippen LogP contribution in [0.3, 0.4) is 0 Å². The molecule has 2 saturated carbocycles. The molecule has 0 aliphatic heterocycles. The first-order valence-corrected chi connectivity index (χ1v) is 5.24.